The minimum absolute atomic E-state index is 0.353. The van der Waals surface area contributed by atoms with Gasteiger partial charge in [0.25, 0.3) is 0 Å². The van der Waals surface area contributed by atoms with Crippen LogP contribution in [0.1, 0.15) is 33.6 Å². The summed E-state index contributed by atoms with van der Waals surface area (Å²) in [6, 6.07) is 0. The molecule has 60 valence electrons. The summed E-state index contributed by atoms with van der Waals surface area (Å²) in [5.41, 5.74) is 0. The Morgan fingerprint density at radius 2 is 2.10 bits per heavy atom. The Kier molecular flexibility index (Phi) is 5.81. The zero-order valence-electron chi connectivity index (χ0n) is 7.10. The number of allylic oxidation sites excluding steroid dienone is 2. The predicted molar refractivity (Wildman–Crippen MR) is 48.5 cm³/mol. The summed E-state index contributed by atoms with van der Waals surface area (Å²) in [6.07, 6.45) is 6.46. The molecule has 0 aromatic carbocycles. The van der Waals surface area contributed by atoms with E-state index in [1.165, 1.54) is 0 Å². The molecule has 0 saturated heterocycles. The SMILES string of the molecule is C/C=C/C(C)CC(Cl)CC. The topological polar surface area (TPSA) is 0 Å². The predicted octanol–water partition coefficient (Wildman–Crippen LogP) is 3.61. The van der Waals surface area contributed by atoms with Gasteiger partial charge in [0.15, 0.2) is 0 Å². The van der Waals surface area contributed by atoms with Crippen molar-refractivity contribution in [3.63, 3.8) is 0 Å². The van der Waals surface area contributed by atoms with Gasteiger partial charge in [-0.2, -0.15) is 0 Å². The van der Waals surface area contributed by atoms with E-state index in [0.29, 0.717) is 11.3 Å². The monoisotopic (exact) mass is 160 g/mol. The summed E-state index contributed by atoms with van der Waals surface area (Å²) in [6.45, 7) is 6.37. The highest BCUT2D eigenvalue weighted by atomic mass is 35.5. The van der Waals surface area contributed by atoms with Gasteiger partial charge in [0.2, 0.25) is 0 Å². The second kappa shape index (κ2) is 5.79. The van der Waals surface area contributed by atoms with E-state index in [1.807, 2.05) is 6.92 Å². The number of rotatable bonds is 4. The molecular formula is C9H17Cl. The van der Waals surface area contributed by atoms with Gasteiger partial charge in [-0.15, -0.1) is 11.6 Å². The lowest BCUT2D eigenvalue weighted by Crippen LogP contribution is -2.01. The van der Waals surface area contributed by atoms with E-state index in [-0.39, 0.29) is 0 Å². The van der Waals surface area contributed by atoms with Crippen LogP contribution in [0.15, 0.2) is 12.2 Å². The second-order valence-corrected chi connectivity index (χ2v) is 3.36. The molecule has 2 atom stereocenters. The summed E-state index contributed by atoms with van der Waals surface area (Å²) in [4.78, 5) is 0. The quantitative estimate of drug-likeness (QED) is 0.436. The van der Waals surface area contributed by atoms with Crippen LogP contribution in [0.5, 0.6) is 0 Å². The molecule has 0 aromatic heterocycles. The van der Waals surface area contributed by atoms with Crippen molar-refractivity contribution in [2.45, 2.75) is 39.0 Å². The molecule has 10 heavy (non-hydrogen) atoms. The molecule has 0 aliphatic rings. The summed E-state index contributed by atoms with van der Waals surface area (Å²) >= 11 is 5.96. The van der Waals surface area contributed by atoms with E-state index in [2.05, 4.69) is 26.0 Å². The number of hydrogen-bond donors (Lipinski definition) is 0. The lowest BCUT2D eigenvalue weighted by Gasteiger charge is -2.09. The van der Waals surface area contributed by atoms with E-state index >= 15 is 0 Å². The third kappa shape index (κ3) is 4.87. The molecule has 0 heterocycles. The van der Waals surface area contributed by atoms with Crippen molar-refractivity contribution in [2.75, 3.05) is 0 Å². The second-order valence-electron chi connectivity index (χ2n) is 2.74. The van der Waals surface area contributed by atoms with Crippen LogP contribution >= 0.6 is 11.6 Å². The molecule has 0 saturated carbocycles. The average Bonchev–Trinajstić information content (AvgIpc) is 1.88. The molecule has 0 bridgehead atoms. The minimum atomic E-state index is 0.353. The Balaban J connectivity index is 3.46. The molecule has 0 rings (SSSR count). The van der Waals surface area contributed by atoms with Crippen LogP contribution in [0.4, 0.5) is 0 Å². The molecule has 1 heteroatoms. The summed E-state index contributed by atoms with van der Waals surface area (Å²) in [5, 5.41) is 0.353. The minimum Gasteiger partial charge on any atom is -0.123 e. The van der Waals surface area contributed by atoms with Crippen molar-refractivity contribution < 1.29 is 0 Å². The first-order valence-electron chi connectivity index (χ1n) is 3.97. The first kappa shape index (κ1) is 10.0. The highest BCUT2D eigenvalue weighted by molar-refractivity contribution is 6.20. The normalized spacial score (nSPS) is 17.6. The summed E-state index contributed by atoms with van der Waals surface area (Å²) < 4.78 is 0. The fourth-order valence-electron chi connectivity index (χ4n) is 0.977. The molecule has 0 N–H and O–H groups in total. The third-order valence-corrected chi connectivity index (χ3v) is 2.08. The molecular weight excluding hydrogens is 144 g/mol. The average molecular weight is 161 g/mol. The van der Waals surface area contributed by atoms with Crippen molar-refractivity contribution >= 4 is 11.6 Å². The fraction of sp³-hybridized carbons (Fsp3) is 0.778. The van der Waals surface area contributed by atoms with Crippen LogP contribution in [0.25, 0.3) is 0 Å². The zero-order valence-corrected chi connectivity index (χ0v) is 7.86. The van der Waals surface area contributed by atoms with Gasteiger partial charge in [0.05, 0.1) is 0 Å². The van der Waals surface area contributed by atoms with Crippen LogP contribution in [0.3, 0.4) is 0 Å². The number of alkyl halides is 1. The largest absolute Gasteiger partial charge is 0.123 e. The molecule has 0 amide bonds. The molecule has 0 fully saturated rings. The van der Waals surface area contributed by atoms with Gasteiger partial charge in [-0.05, 0) is 25.7 Å². The maximum absolute atomic E-state index is 5.96. The van der Waals surface area contributed by atoms with Gasteiger partial charge in [-0.1, -0.05) is 26.0 Å². The van der Waals surface area contributed by atoms with Crippen molar-refractivity contribution in [1.82, 2.24) is 0 Å². The lowest BCUT2D eigenvalue weighted by molar-refractivity contribution is 0.605. The number of hydrogen-bond acceptors (Lipinski definition) is 0. The van der Waals surface area contributed by atoms with E-state index in [9.17, 15) is 0 Å². The Morgan fingerprint density at radius 3 is 2.50 bits per heavy atom. The van der Waals surface area contributed by atoms with Crippen LogP contribution in [0.2, 0.25) is 0 Å². The first-order chi connectivity index (χ1) is 4.70. The molecule has 0 aliphatic heterocycles. The highest BCUT2D eigenvalue weighted by Crippen LogP contribution is 2.14. The Bertz CT molecular complexity index is 96.9. The Morgan fingerprint density at radius 1 is 1.50 bits per heavy atom. The molecule has 0 aliphatic carbocycles. The van der Waals surface area contributed by atoms with Crippen LogP contribution in [0, 0.1) is 5.92 Å². The zero-order chi connectivity index (χ0) is 7.98. The maximum Gasteiger partial charge on any atom is 0.0339 e. The highest BCUT2D eigenvalue weighted by Gasteiger charge is 2.04. The first-order valence-corrected chi connectivity index (χ1v) is 4.41. The van der Waals surface area contributed by atoms with Crippen LogP contribution in [-0.4, -0.2) is 5.38 Å². The van der Waals surface area contributed by atoms with Crippen molar-refractivity contribution in [3.8, 4) is 0 Å². The van der Waals surface area contributed by atoms with Crippen molar-refractivity contribution in [2.24, 2.45) is 5.92 Å². The Labute approximate surface area is 69.3 Å². The van der Waals surface area contributed by atoms with Crippen molar-refractivity contribution in [3.05, 3.63) is 12.2 Å². The van der Waals surface area contributed by atoms with E-state index in [1.54, 1.807) is 0 Å². The fourth-order valence-corrected chi connectivity index (χ4v) is 1.26. The van der Waals surface area contributed by atoms with E-state index in [0.717, 1.165) is 12.8 Å². The van der Waals surface area contributed by atoms with Gasteiger partial charge in [-0.25, -0.2) is 0 Å². The lowest BCUT2D eigenvalue weighted by atomic mass is 10.0. The molecule has 0 radical (unpaired) electrons. The van der Waals surface area contributed by atoms with Gasteiger partial charge >= 0.3 is 0 Å². The van der Waals surface area contributed by atoms with Crippen molar-refractivity contribution in [1.29, 1.82) is 0 Å². The smallest absolute Gasteiger partial charge is 0.0339 e. The van der Waals surface area contributed by atoms with Gasteiger partial charge in [-0.3, -0.25) is 0 Å². The maximum atomic E-state index is 5.96. The molecule has 0 aromatic rings. The molecule has 0 nitrogen and oxygen atoms in total. The van der Waals surface area contributed by atoms with E-state index in [4.69, 9.17) is 11.6 Å². The Hall–Kier alpha value is 0.0300. The molecule has 2 unspecified atom stereocenters. The van der Waals surface area contributed by atoms with E-state index < -0.39 is 0 Å². The third-order valence-electron chi connectivity index (χ3n) is 1.59. The standard InChI is InChI=1S/C9H17Cl/c1-4-6-8(3)7-9(10)5-2/h4,6,8-9H,5,7H2,1-3H3/b6-4+. The van der Waals surface area contributed by atoms with Crippen LogP contribution in [-0.2, 0) is 0 Å². The van der Waals surface area contributed by atoms with Gasteiger partial charge in [0.1, 0.15) is 0 Å². The van der Waals surface area contributed by atoms with Gasteiger partial charge in [0, 0.05) is 5.38 Å². The van der Waals surface area contributed by atoms with Crippen LogP contribution < -0.4 is 0 Å². The van der Waals surface area contributed by atoms with Gasteiger partial charge < -0.3 is 0 Å². The molecule has 0 spiro atoms. The summed E-state index contributed by atoms with van der Waals surface area (Å²) in [5.74, 6) is 0.632. The number of halogens is 1. The summed E-state index contributed by atoms with van der Waals surface area (Å²) in [7, 11) is 0.